The number of aliphatic hydroxyl groups is 1. The number of rotatable bonds is 5. The molecule has 0 radical (unpaired) electrons. The SMILES string of the molecule is C[C@H](O)CNc1ncnc2c1c(-c1ccccc1)cn2-c1cccc(C(F)(F)F)c1. The monoisotopic (exact) mass is 412 g/mol. The Bertz CT molecular complexity index is 1170. The van der Waals surface area contributed by atoms with Gasteiger partial charge in [0, 0.05) is 24.0 Å². The number of fused-ring (bicyclic) bond motifs is 1. The minimum Gasteiger partial charge on any atom is -0.392 e. The van der Waals surface area contributed by atoms with Crippen LogP contribution in [-0.2, 0) is 6.18 Å². The molecule has 0 saturated heterocycles. The van der Waals surface area contributed by atoms with Gasteiger partial charge in [-0.05, 0) is 30.7 Å². The van der Waals surface area contributed by atoms with Crippen molar-refractivity contribution in [2.24, 2.45) is 0 Å². The second-order valence-electron chi connectivity index (χ2n) is 6.98. The van der Waals surface area contributed by atoms with Gasteiger partial charge in [-0.25, -0.2) is 9.97 Å². The lowest BCUT2D eigenvalue weighted by molar-refractivity contribution is -0.137. The minimum atomic E-state index is -4.44. The van der Waals surface area contributed by atoms with Gasteiger partial charge in [0.25, 0.3) is 0 Å². The standard InChI is InChI=1S/C22H19F3N4O/c1-14(30)11-26-20-19-18(15-6-3-2-4-7-15)12-29(21(19)28-13-27-20)17-9-5-8-16(10-17)22(23,24)25/h2-10,12-14,30H,11H2,1H3,(H,26,27,28)/t14-/m0/s1. The summed E-state index contributed by atoms with van der Waals surface area (Å²) < 4.78 is 41.3. The third-order valence-corrected chi connectivity index (χ3v) is 4.68. The van der Waals surface area contributed by atoms with Crippen LogP contribution in [0.4, 0.5) is 19.0 Å². The van der Waals surface area contributed by atoms with Gasteiger partial charge in [0.2, 0.25) is 0 Å². The van der Waals surface area contributed by atoms with Crippen LogP contribution in [0.2, 0.25) is 0 Å². The summed E-state index contributed by atoms with van der Waals surface area (Å²) in [7, 11) is 0. The first kappa shape index (κ1) is 19.9. The Labute approximate surface area is 170 Å². The summed E-state index contributed by atoms with van der Waals surface area (Å²) in [5.41, 5.74) is 1.73. The van der Waals surface area contributed by atoms with Crippen molar-refractivity contribution < 1.29 is 18.3 Å². The molecule has 30 heavy (non-hydrogen) atoms. The number of hydrogen-bond acceptors (Lipinski definition) is 4. The smallest absolute Gasteiger partial charge is 0.392 e. The van der Waals surface area contributed by atoms with E-state index in [0.29, 0.717) is 22.5 Å². The molecule has 4 aromatic rings. The molecule has 2 N–H and O–H groups in total. The van der Waals surface area contributed by atoms with E-state index in [1.807, 2.05) is 30.3 Å². The Morgan fingerprint density at radius 3 is 2.53 bits per heavy atom. The van der Waals surface area contributed by atoms with Gasteiger partial charge in [-0.1, -0.05) is 36.4 Å². The number of benzene rings is 2. The Morgan fingerprint density at radius 1 is 1.07 bits per heavy atom. The van der Waals surface area contributed by atoms with Crippen molar-refractivity contribution in [2.75, 3.05) is 11.9 Å². The average Bonchev–Trinajstić information content (AvgIpc) is 3.13. The van der Waals surface area contributed by atoms with E-state index < -0.39 is 17.8 Å². The fourth-order valence-corrected chi connectivity index (χ4v) is 3.31. The Hall–Kier alpha value is -3.39. The molecule has 0 aliphatic carbocycles. The van der Waals surface area contributed by atoms with Crippen LogP contribution >= 0.6 is 0 Å². The van der Waals surface area contributed by atoms with Crippen molar-refractivity contribution in [3.63, 3.8) is 0 Å². The van der Waals surface area contributed by atoms with Crippen LogP contribution in [0, 0.1) is 0 Å². The predicted molar refractivity (Wildman–Crippen MR) is 109 cm³/mol. The molecule has 0 unspecified atom stereocenters. The molecule has 0 fully saturated rings. The van der Waals surface area contributed by atoms with Gasteiger partial charge in [0.1, 0.15) is 12.1 Å². The largest absolute Gasteiger partial charge is 0.416 e. The van der Waals surface area contributed by atoms with E-state index in [9.17, 15) is 18.3 Å². The van der Waals surface area contributed by atoms with Crippen LogP contribution in [0.15, 0.2) is 67.1 Å². The Balaban J connectivity index is 1.95. The molecule has 0 spiro atoms. The molecule has 1 atom stereocenters. The van der Waals surface area contributed by atoms with E-state index in [0.717, 1.165) is 23.3 Å². The molecular weight excluding hydrogens is 393 g/mol. The summed E-state index contributed by atoms with van der Waals surface area (Å²) in [6, 6.07) is 14.6. The summed E-state index contributed by atoms with van der Waals surface area (Å²) in [6.07, 6.45) is -1.93. The lowest BCUT2D eigenvalue weighted by Gasteiger charge is -2.11. The van der Waals surface area contributed by atoms with Crippen LogP contribution in [0.25, 0.3) is 27.8 Å². The number of hydrogen-bond donors (Lipinski definition) is 2. The highest BCUT2D eigenvalue weighted by Gasteiger charge is 2.30. The van der Waals surface area contributed by atoms with Crippen molar-refractivity contribution in [3.05, 3.63) is 72.7 Å². The zero-order chi connectivity index (χ0) is 21.3. The van der Waals surface area contributed by atoms with E-state index in [4.69, 9.17) is 0 Å². The van der Waals surface area contributed by atoms with Crippen molar-refractivity contribution in [1.29, 1.82) is 0 Å². The second kappa shape index (κ2) is 7.79. The average molecular weight is 412 g/mol. The molecule has 154 valence electrons. The Kier molecular flexibility index (Phi) is 5.17. The van der Waals surface area contributed by atoms with Gasteiger partial charge >= 0.3 is 6.18 Å². The summed E-state index contributed by atoms with van der Waals surface area (Å²) in [4.78, 5) is 8.65. The second-order valence-corrected chi connectivity index (χ2v) is 6.98. The molecule has 2 aromatic heterocycles. The molecule has 2 heterocycles. The van der Waals surface area contributed by atoms with Gasteiger partial charge in [0.05, 0.1) is 17.1 Å². The molecule has 0 aliphatic heterocycles. The molecule has 5 nitrogen and oxygen atoms in total. The first-order chi connectivity index (χ1) is 14.3. The number of alkyl halides is 3. The van der Waals surface area contributed by atoms with E-state index in [1.165, 1.54) is 12.4 Å². The fourth-order valence-electron chi connectivity index (χ4n) is 3.31. The number of halogens is 3. The van der Waals surface area contributed by atoms with Crippen LogP contribution in [0.1, 0.15) is 12.5 Å². The maximum absolute atomic E-state index is 13.2. The minimum absolute atomic E-state index is 0.273. The zero-order valence-electron chi connectivity index (χ0n) is 16.1. The van der Waals surface area contributed by atoms with Crippen LogP contribution in [0.5, 0.6) is 0 Å². The van der Waals surface area contributed by atoms with Crippen molar-refractivity contribution in [1.82, 2.24) is 14.5 Å². The van der Waals surface area contributed by atoms with Crippen LogP contribution < -0.4 is 5.32 Å². The lowest BCUT2D eigenvalue weighted by atomic mass is 10.1. The van der Waals surface area contributed by atoms with E-state index in [2.05, 4.69) is 15.3 Å². The fraction of sp³-hybridized carbons (Fsp3) is 0.182. The first-order valence-electron chi connectivity index (χ1n) is 9.35. The number of nitrogens with one attached hydrogen (secondary N) is 1. The predicted octanol–water partition coefficient (Wildman–Crippen LogP) is 4.90. The number of nitrogens with zero attached hydrogens (tertiary/aromatic N) is 3. The molecule has 8 heteroatoms. The maximum atomic E-state index is 13.2. The quantitative estimate of drug-likeness (QED) is 0.490. The summed E-state index contributed by atoms with van der Waals surface area (Å²) in [5, 5.41) is 13.4. The molecule has 2 aromatic carbocycles. The summed E-state index contributed by atoms with van der Waals surface area (Å²) in [6.45, 7) is 1.92. The number of anilines is 1. The van der Waals surface area contributed by atoms with Crippen LogP contribution in [-0.4, -0.2) is 32.3 Å². The molecule has 4 rings (SSSR count). The molecule has 0 bridgehead atoms. The normalized spacial score (nSPS) is 12.8. The van der Waals surface area contributed by atoms with Gasteiger partial charge < -0.3 is 15.0 Å². The lowest BCUT2D eigenvalue weighted by Crippen LogP contribution is -2.16. The van der Waals surface area contributed by atoms with Crippen molar-refractivity contribution in [2.45, 2.75) is 19.2 Å². The van der Waals surface area contributed by atoms with Crippen LogP contribution in [0.3, 0.4) is 0 Å². The van der Waals surface area contributed by atoms with Crippen molar-refractivity contribution in [3.8, 4) is 16.8 Å². The highest BCUT2D eigenvalue weighted by Crippen LogP contribution is 2.36. The molecule has 0 amide bonds. The summed E-state index contributed by atoms with van der Waals surface area (Å²) in [5.74, 6) is 0.505. The highest BCUT2D eigenvalue weighted by molar-refractivity contribution is 6.02. The van der Waals surface area contributed by atoms with E-state index in [1.54, 1.807) is 23.8 Å². The topological polar surface area (TPSA) is 63.0 Å². The maximum Gasteiger partial charge on any atom is 0.416 e. The van der Waals surface area contributed by atoms with Gasteiger partial charge in [-0.15, -0.1) is 0 Å². The number of aromatic nitrogens is 3. The molecule has 0 saturated carbocycles. The molecular formula is C22H19F3N4O. The first-order valence-corrected chi connectivity index (χ1v) is 9.35. The summed E-state index contributed by atoms with van der Waals surface area (Å²) >= 11 is 0. The third-order valence-electron chi connectivity index (χ3n) is 4.68. The molecule has 0 aliphatic rings. The highest BCUT2D eigenvalue weighted by atomic mass is 19.4. The zero-order valence-corrected chi connectivity index (χ0v) is 16.1. The van der Waals surface area contributed by atoms with E-state index in [-0.39, 0.29) is 6.54 Å². The third kappa shape index (κ3) is 3.86. The van der Waals surface area contributed by atoms with Gasteiger partial charge in [0.15, 0.2) is 5.65 Å². The Morgan fingerprint density at radius 2 is 1.83 bits per heavy atom. The van der Waals surface area contributed by atoms with Crippen molar-refractivity contribution >= 4 is 16.9 Å². The number of aliphatic hydroxyl groups excluding tert-OH is 1. The van der Waals surface area contributed by atoms with E-state index >= 15 is 0 Å². The van der Waals surface area contributed by atoms with Gasteiger partial charge in [-0.3, -0.25) is 0 Å². The van der Waals surface area contributed by atoms with Gasteiger partial charge in [-0.2, -0.15) is 13.2 Å².